The summed E-state index contributed by atoms with van der Waals surface area (Å²) in [4.78, 5) is 11.1. The van der Waals surface area contributed by atoms with Crippen molar-refractivity contribution in [3.8, 4) is 0 Å². The van der Waals surface area contributed by atoms with Crippen molar-refractivity contribution < 1.29 is 38.0 Å². The minimum Gasteiger partial charge on any atom is -0.382 e. The molecule has 0 radical (unpaired) electrons. The van der Waals surface area contributed by atoms with E-state index >= 15 is 0 Å². The van der Waals surface area contributed by atoms with Gasteiger partial charge in [-0.2, -0.15) is 0 Å². The first kappa shape index (κ1) is 23.4. The Kier molecular flexibility index (Phi) is 15.5. The van der Waals surface area contributed by atoms with Crippen LogP contribution in [0.1, 0.15) is 6.92 Å². The lowest BCUT2D eigenvalue weighted by molar-refractivity contribution is -0.137. The summed E-state index contributed by atoms with van der Waals surface area (Å²) in [7, 11) is 6.38. The van der Waals surface area contributed by atoms with Gasteiger partial charge in [-0.05, 0) is 6.92 Å². The van der Waals surface area contributed by atoms with Gasteiger partial charge in [-0.1, -0.05) is 0 Å². The van der Waals surface area contributed by atoms with Crippen LogP contribution in [0.15, 0.2) is 0 Å². The van der Waals surface area contributed by atoms with Crippen molar-refractivity contribution in [1.29, 1.82) is 0 Å². The Morgan fingerprint density at radius 3 is 1.25 bits per heavy atom. The van der Waals surface area contributed by atoms with Gasteiger partial charge < -0.3 is 33.2 Å². The number of ether oxygens (including phenoxy) is 7. The molecule has 144 valence electrons. The van der Waals surface area contributed by atoms with Gasteiger partial charge in [0.25, 0.3) is 0 Å². The van der Waals surface area contributed by atoms with Crippen LogP contribution < -0.4 is 0 Å². The van der Waals surface area contributed by atoms with Crippen LogP contribution in [0, 0.1) is 0 Å². The summed E-state index contributed by atoms with van der Waals surface area (Å²) >= 11 is 0. The second-order valence-corrected chi connectivity index (χ2v) is 5.37. The Balaban J connectivity index is 4.45. The van der Waals surface area contributed by atoms with Gasteiger partial charge in [-0.3, -0.25) is 4.79 Å². The summed E-state index contributed by atoms with van der Waals surface area (Å²) in [6.45, 7) is 3.63. The fourth-order valence-corrected chi connectivity index (χ4v) is 1.90. The van der Waals surface area contributed by atoms with E-state index < -0.39 is 0 Å². The van der Waals surface area contributed by atoms with Gasteiger partial charge in [0, 0.05) is 28.4 Å². The molecule has 0 aromatic rings. The molecule has 0 rings (SSSR count). The number of ketones is 1. The molecule has 0 N–H and O–H groups in total. The smallest absolute Gasteiger partial charge is 0.155 e. The molecule has 0 aliphatic heterocycles. The lowest BCUT2D eigenvalue weighted by Crippen LogP contribution is -2.36. The van der Waals surface area contributed by atoms with E-state index in [-0.39, 0.29) is 43.9 Å². The highest BCUT2D eigenvalue weighted by Gasteiger charge is 2.18. The molecule has 0 saturated carbocycles. The molecule has 0 aliphatic carbocycles. The molecule has 0 atom stereocenters. The van der Waals surface area contributed by atoms with Crippen molar-refractivity contribution in [2.75, 3.05) is 74.7 Å². The molecule has 0 spiro atoms. The molecule has 24 heavy (non-hydrogen) atoms. The van der Waals surface area contributed by atoms with Crippen LogP contribution in [0.3, 0.4) is 0 Å². The number of rotatable bonds is 17. The molecular formula is C16H32O8. The monoisotopic (exact) mass is 352 g/mol. The van der Waals surface area contributed by atoms with Gasteiger partial charge in [-0.25, -0.2) is 0 Å². The third-order valence-corrected chi connectivity index (χ3v) is 2.97. The molecule has 0 saturated heterocycles. The second-order valence-electron chi connectivity index (χ2n) is 5.37. The van der Waals surface area contributed by atoms with E-state index in [2.05, 4.69) is 0 Å². The van der Waals surface area contributed by atoms with Gasteiger partial charge in [0.05, 0.1) is 39.6 Å². The van der Waals surface area contributed by atoms with Crippen LogP contribution in [-0.2, 0) is 38.0 Å². The van der Waals surface area contributed by atoms with Crippen LogP contribution in [0.5, 0.6) is 0 Å². The summed E-state index contributed by atoms with van der Waals surface area (Å²) in [5, 5.41) is 0. The first-order chi connectivity index (χ1) is 11.6. The summed E-state index contributed by atoms with van der Waals surface area (Å²) in [6, 6.07) is 0. The Bertz CT molecular complexity index is 268. The number of carbonyl (C=O) groups excluding carboxylic acids is 1. The zero-order valence-electron chi connectivity index (χ0n) is 15.4. The molecule has 0 unspecified atom stereocenters. The Morgan fingerprint density at radius 1 is 0.625 bits per heavy atom. The third-order valence-electron chi connectivity index (χ3n) is 2.97. The van der Waals surface area contributed by atoms with E-state index in [0.717, 1.165) is 0 Å². The minimum atomic E-state index is -0.388. The zero-order valence-corrected chi connectivity index (χ0v) is 15.4. The van der Waals surface area contributed by atoms with Gasteiger partial charge in [0.1, 0.15) is 24.9 Å². The first-order valence-electron chi connectivity index (χ1n) is 7.87. The lowest BCUT2D eigenvalue weighted by Gasteiger charge is -2.24. The number of carbonyl (C=O) groups is 1. The maximum absolute atomic E-state index is 11.1. The molecule has 8 nitrogen and oxygen atoms in total. The van der Waals surface area contributed by atoms with E-state index in [0.29, 0.717) is 26.4 Å². The zero-order chi connectivity index (χ0) is 18.2. The van der Waals surface area contributed by atoms with Crippen molar-refractivity contribution in [3.63, 3.8) is 0 Å². The van der Waals surface area contributed by atoms with Crippen molar-refractivity contribution in [2.24, 2.45) is 0 Å². The molecule has 8 heteroatoms. The largest absolute Gasteiger partial charge is 0.382 e. The van der Waals surface area contributed by atoms with Gasteiger partial charge in [-0.15, -0.1) is 0 Å². The average molecular weight is 352 g/mol. The number of methoxy groups -OCH3 is 4. The molecule has 0 fully saturated rings. The van der Waals surface area contributed by atoms with Crippen LogP contribution in [0.25, 0.3) is 0 Å². The predicted molar refractivity (Wildman–Crippen MR) is 87.4 cm³/mol. The number of hydrogen-bond donors (Lipinski definition) is 0. The van der Waals surface area contributed by atoms with E-state index in [1.54, 1.807) is 28.4 Å². The lowest BCUT2D eigenvalue weighted by atomic mass is 10.3. The number of Topliss-reactive ketones (excluding diaryl/α,β-unsaturated/α-hetero) is 1. The van der Waals surface area contributed by atoms with E-state index in [1.165, 1.54) is 6.92 Å². The van der Waals surface area contributed by atoms with E-state index in [4.69, 9.17) is 33.2 Å². The standard InChI is InChI=1S/C16H32O8/c1-13(17)6-22-16(11-23-14(7-18-2)8-19-3)12-24-15(9-20-4)10-21-5/h14-16H,6-12H2,1-5H3. The summed E-state index contributed by atoms with van der Waals surface area (Å²) in [5.41, 5.74) is 0. The maximum Gasteiger partial charge on any atom is 0.155 e. The van der Waals surface area contributed by atoms with Crippen LogP contribution >= 0.6 is 0 Å². The molecular weight excluding hydrogens is 320 g/mol. The molecule has 0 heterocycles. The summed E-state index contributed by atoms with van der Waals surface area (Å²) in [6.07, 6.45) is -0.810. The highest BCUT2D eigenvalue weighted by molar-refractivity contribution is 5.76. The average Bonchev–Trinajstić information content (AvgIpc) is 2.54. The Labute approximate surface area is 144 Å². The van der Waals surface area contributed by atoms with Crippen molar-refractivity contribution in [1.82, 2.24) is 0 Å². The SMILES string of the molecule is COCC(COC)OCC(COC(COC)COC)OCC(C)=O. The molecule has 0 aromatic carbocycles. The van der Waals surface area contributed by atoms with Crippen molar-refractivity contribution in [3.05, 3.63) is 0 Å². The quantitative estimate of drug-likeness (QED) is 0.370. The number of hydrogen-bond acceptors (Lipinski definition) is 8. The topological polar surface area (TPSA) is 81.7 Å². The molecule has 0 aliphatic rings. The Morgan fingerprint density at radius 2 is 0.958 bits per heavy atom. The van der Waals surface area contributed by atoms with Crippen LogP contribution in [0.4, 0.5) is 0 Å². The second kappa shape index (κ2) is 15.9. The van der Waals surface area contributed by atoms with Crippen molar-refractivity contribution in [2.45, 2.75) is 25.2 Å². The molecule has 0 bridgehead atoms. The fourth-order valence-electron chi connectivity index (χ4n) is 1.90. The van der Waals surface area contributed by atoms with E-state index in [9.17, 15) is 4.79 Å². The van der Waals surface area contributed by atoms with Crippen LogP contribution in [0.2, 0.25) is 0 Å². The van der Waals surface area contributed by atoms with Gasteiger partial charge in [0.15, 0.2) is 5.78 Å². The third kappa shape index (κ3) is 12.8. The minimum absolute atomic E-state index is 0.00975. The highest BCUT2D eigenvalue weighted by Crippen LogP contribution is 2.04. The molecule has 0 amide bonds. The van der Waals surface area contributed by atoms with Crippen molar-refractivity contribution >= 4 is 5.78 Å². The Hall–Kier alpha value is -0.610. The predicted octanol–water partition coefficient (Wildman–Crippen LogP) is 0.317. The van der Waals surface area contributed by atoms with Crippen LogP contribution in [-0.4, -0.2) is 98.8 Å². The first-order valence-corrected chi connectivity index (χ1v) is 7.87. The highest BCUT2D eigenvalue weighted by atomic mass is 16.6. The maximum atomic E-state index is 11.1. The summed E-state index contributed by atoms with van der Waals surface area (Å²) < 4.78 is 37.4. The fraction of sp³-hybridized carbons (Fsp3) is 0.938. The van der Waals surface area contributed by atoms with E-state index in [1.807, 2.05) is 0 Å². The van der Waals surface area contributed by atoms with Gasteiger partial charge >= 0.3 is 0 Å². The molecule has 0 aromatic heterocycles. The summed E-state index contributed by atoms with van der Waals surface area (Å²) in [5.74, 6) is -0.0596. The normalized spacial score (nSPS) is 11.8. The van der Waals surface area contributed by atoms with Gasteiger partial charge in [0.2, 0.25) is 0 Å².